The fourth-order valence-electron chi connectivity index (χ4n) is 1.84. The van der Waals surface area contributed by atoms with Crippen molar-refractivity contribution in [3.8, 4) is 5.69 Å². The molecular formula is C14H18ClN3O. The number of nitrogens with one attached hydrogen (secondary N) is 1. The van der Waals surface area contributed by atoms with Gasteiger partial charge in [-0.1, -0.05) is 11.6 Å². The number of ether oxygens (including phenoxy) is 1. The summed E-state index contributed by atoms with van der Waals surface area (Å²) in [7, 11) is 1.71. The highest BCUT2D eigenvalue weighted by Crippen LogP contribution is 2.18. The van der Waals surface area contributed by atoms with E-state index in [1.807, 2.05) is 42.0 Å². The normalized spacial score (nSPS) is 10.7. The van der Waals surface area contributed by atoms with Gasteiger partial charge >= 0.3 is 0 Å². The Morgan fingerprint density at radius 1 is 1.32 bits per heavy atom. The molecule has 0 saturated heterocycles. The van der Waals surface area contributed by atoms with Crippen LogP contribution in [0.4, 0.5) is 5.95 Å². The lowest BCUT2D eigenvalue weighted by Crippen LogP contribution is -2.09. The maximum Gasteiger partial charge on any atom is 0.207 e. The van der Waals surface area contributed by atoms with Gasteiger partial charge in [-0.25, -0.2) is 4.98 Å². The summed E-state index contributed by atoms with van der Waals surface area (Å²) >= 11 is 5.91. The first-order valence-electron chi connectivity index (χ1n) is 6.25. The van der Waals surface area contributed by atoms with E-state index in [1.165, 1.54) is 0 Å². The molecule has 0 unspecified atom stereocenters. The van der Waals surface area contributed by atoms with E-state index in [2.05, 4.69) is 10.3 Å². The first-order chi connectivity index (χ1) is 9.20. The van der Waals surface area contributed by atoms with Crippen molar-refractivity contribution in [3.63, 3.8) is 0 Å². The fraction of sp³-hybridized carbons (Fsp3) is 0.357. The predicted molar refractivity (Wildman–Crippen MR) is 78.3 cm³/mol. The highest BCUT2D eigenvalue weighted by atomic mass is 35.5. The van der Waals surface area contributed by atoms with Crippen molar-refractivity contribution in [2.75, 3.05) is 25.6 Å². The summed E-state index contributed by atoms with van der Waals surface area (Å²) in [5, 5.41) is 4.05. The van der Waals surface area contributed by atoms with Crippen LogP contribution in [-0.2, 0) is 4.74 Å². The third-order valence-electron chi connectivity index (χ3n) is 2.74. The van der Waals surface area contributed by atoms with Crippen LogP contribution in [0, 0.1) is 6.92 Å². The Morgan fingerprint density at radius 2 is 2.05 bits per heavy atom. The van der Waals surface area contributed by atoms with Crippen molar-refractivity contribution in [2.45, 2.75) is 13.3 Å². The lowest BCUT2D eigenvalue weighted by molar-refractivity contribution is 0.197. The van der Waals surface area contributed by atoms with E-state index in [-0.39, 0.29) is 0 Å². The summed E-state index contributed by atoms with van der Waals surface area (Å²) in [5.41, 5.74) is 2.02. The number of anilines is 1. The van der Waals surface area contributed by atoms with Gasteiger partial charge in [0.15, 0.2) is 0 Å². The van der Waals surface area contributed by atoms with Crippen LogP contribution in [-0.4, -0.2) is 29.8 Å². The molecule has 0 bridgehead atoms. The quantitative estimate of drug-likeness (QED) is 0.825. The molecule has 0 atom stereocenters. The van der Waals surface area contributed by atoms with Gasteiger partial charge in [-0.15, -0.1) is 0 Å². The number of hydrogen-bond donors (Lipinski definition) is 1. The standard InChI is InChI=1S/C14H18ClN3O/c1-11-10-18(13-6-4-12(15)5-7-13)14(17-11)16-8-3-9-19-2/h4-7,10H,3,8-9H2,1-2H3,(H,16,17). The smallest absolute Gasteiger partial charge is 0.207 e. The van der Waals surface area contributed by atoms with Crippen LogP contribution in [0.3, 0.4) is 0 Å². The zero-order valence-electron chi connectivity index (χ0n) is 11.2. The first-order valence-corrected chi connectivity index (χ1v) is 6.63. The van der Waals surface area contributed by atoms with Crippen molar-refractivity contribution >= 4 is 17.5 Å². The van der Waals surface area contributed by atoms with Gasteiger partial charge in [-0.2, -0.15) is 0 Å². The molecule has 0 aliphatic rings. The fourth-order valence-corrected chi connectivity index (χ4v) is 1.96. The lowest BCUT2D eigenvalue weighted by atomic mass is 10.3. The van der Waals surface area contributed by atoms with Crippen LogP contribution in [0.25, 0.3) is 5.69 Å². The number of nitrogens with zero attached hydrogens (tertiary/aromatic N) is 2. The van der Waals surface area contributed by atoms with E-state index < -0.39 is 0 Å². The highest BCUT2D eigenvalue weighted by molar-refractivity contribution is 6.30. The average molecular weight is 280 g/mol. The molecule has 2 rings (SSSR count). The summed E-state index contributed by atoms with van der Waals surface area (Å²) < 4.78 is 7.06. The van der Waals surface area contributed by atoms with Crippen LogP contribution in [0.5, 0.6) is 0 Å². The number of methoxy groups -OCH3 is 1. The summed E-state index contributed by atoms with van der Waals surface area (Å²) in [6, 6.07) is 7.70. The Balaban J connectivity index is 2.13. The first kappa shape index (κ1) is 13.9. The minimum Gasteiger partial charge on any atom is -0.385 e. The van der Waals surface area contributed by atoms with Gasteiger partial charge in [0.25, 0.3) is 0 Å². The molecule has 0 saturated carbocycles. The maximum atomic E-state index is 5.91. The molecule has 0 aliphatic carbocycles. The Hall–Kier alpha value is -1.52. The number of rotatable bonds is 6. The van der Waals surface area contributed by atoms with Crippen molar-refractivity contribution in [1.82, 2.24) is 9.55 Å². The second-order valence-corrected chi connectivity index (χ2v) is 4.76. The van der Waals surface area contributed by atoms with E-state index in [4.69, 9.17) is 16.3 Å². The molecular weight excluding hydrogens is 262 g/mol. The van der Waals surface area contributed by atoms with Gasteiger partial charge in [-0.05, 0) is 37.6 Å². The van der Waals surface area contributed by atoms with Gasteiger partial charge in [0.05, 0.1) is 5.69 Å². The number of aryl methyl sites for hydroxylation is 1. The van der Waals surface area contributed by atoms with E-state index in [9.17, 15) is 0 Å². The molecule has 1 heterocycles. The molecule has 19 heavy (non-hydrogen) atoms. The Bertz CT molecular complexity index is 522. The van der Waals surface area contributed by atoms with Crippen LogP contribution >= 0.6 is 11.6 Å². The SMILES string of the molecule is COCCCNc1nc(C)cn1-c1ccc(Cl)cc1. The van der Waals surface area contributed by atoms with Gasteiger partial charge in [0, 0.05) is 37.2 Å². The van der Waals surface area contributed by atoms with Crippen molar-refractivity contribution in [1.29, 1.82) is 0 Å². The van der Waals surface area contributed by atoms with E-state index in [1.54, 1.807) is 7.11 Å². The molecule has 1 aromatic carbocycles. The van der Waals surface area contributed by atoms with E-state index in [0.717, 1.165) is 41.9 Å². The Kier molecular flexibility index (Phi) is 4.82. The van der Waals surface area contributed by atoms with Crippen molar-refractivity contribution in [2.24, 2.45) is 0 Å². The molecule has 0 aliphatic heterocycles. The minimum absolute atomic E-state index is 0.732. The molecule has 5 heteroatoms. The van der Waals surface area contributed by atoms with Gasteiger partial charge < -0.3 is 10.1 Å². The molecule has 0 radical (unpaired) electrons. The second kappa shape index (κ2) is 6.59. The van der Waals surface area contributed by atoms with Gasteiger partial charge in [0.1, 0.15) is 0 Å². The largest absolute Gasteiger partial charge is 0.385 e. The van der Waals surface area contributed by atoms with Gasteiger partial charge in [-0.3, -0.25) is 4.57 Å². The third kappa shape index (κ3) is 3.72. The molecule has 2 aromatic rings. The van der Waals surface area contributed by atoms with Crippen LogP contribution in [0.15, 0.2) is 30.5 Å². The zero-order valence-corrected chi connectivity index (χ0v) is 11.9. The number of aromatic nitrogens is 2. The minimum atomic E-state index is 0.732. The van der Waals surface area contributed by atoms with Crippen molar-refractivity contribution < 1.29 is 4.74 Å². The van der Waals surface area contributed by atoms with Crippen LogP contribution in [0.2, 0.25) is 5.02 Å². The molecule has 4 nitrogen and oxygen atoms in total. The molecule has 0 spiro atoms. The monoisotopic (exact) mass is 279 g/mol. The topological polar surface area (TPSA) is 39.1 Å². The molecule has 0 amide bonds. The Labute approximate surface area is 118 Å². The number of hydrogen-bond acceptors (Lipinski definition) is 3. The summed E-state index contributed by atoms with van der Waals surface area (Å²) in [6.45, 7) is 3.55. The van der Waals surface area contributed by atoms with Crippen molar-refractivity contribution in [3.05, 3.63) is 41.2 Å². The lowest BCUT2D eigenvalue weighted by Gasteiger charge is -2.09. The Morgan fingerprint density at radius 3 is 2.74 bits per heavy atom. The highest BCUT2D eigenvalue weighted by Gasteiger charge is 2.06. The van der Waals surface area contributed by atoms with Crippen LogP contribution in [0.1, 0.15) is 12.1 Å². The summed E-state index contributed by atoms with van der Waals surface area (Å²) in [5.74, 6) is 0.843. The summed E-state index contributed by atoms with van der Waals surface area (Å²) in [4.78, 5) is 4.49. The second-order valence-electron chi connectivity index (χ2n) is 4.33. The number of halogens is 1. The van der Waals surface area contributed by atoms with Crippen LogP contribution < -0.4 is 5.32 Å². The molecule has 102 valence electrons. The molecule has 1 N–H and O–H groups in total. The molecule has 1 aromatic heterocycles. The molecule has 0 fully saturated rings. The average Bonchev–Trinajstić information content (AvgIpc) is 2.77. The summed E-state index contributed by atoms with van der Waals surface area (Å²) in [6.07, 6.45) is 2.95. The number of benzene rings is 1. The number of imidazole rings is 1. The van der Waals surface area contributed by atoms with E-state index in [0.29, 0.717) is 0 Å². The zero-order chi connectivity index (χ0) is 13.7. The third-order valence-corrected chi connectivity index (χ3v) is 2.99. The predicted octanol–water partition coefficient (Wildman–Crippen LogP) is 3.28. The van der Waals surface area contributed by atoms with E-state index >= 15 is 0 Å². The van der Waals surface area contributed by atoms with Gasteiger partial charge in [0.2, 0.25) is 5.95 Å². The maximum absolute atomic E-state index is 5.91.